The number of rotatable bonds is 3. The zero-order valence-electron chi connectivity index (χ0n) is 6.80. The molecule has 0 spiro atoms. The number of nitrogens with two attached hydrogens (primary N) is 1. The van der Waals surface area contributed by atoms with E-state index in [-0.39, 0.29) is 0 Å². The summed E-state index contributed by atoms with van der Waals surface area (Å²) < 4.78 is 35.9. The highest BCUT2D eigenvalue weighted by Crippen LogP contribution is 2.33. The summed E-state index contributed by atoms with van der Waals surface area (Å²) in [5.41, 5.74) is 1.78. The first kappa shape index (κ1) is 12.2. The Morgan fingerprint density at radius 1 is 1.54 bits per heavy atom. The van der Waals surface area contributed by atoms with Crippen molar-refractivity contribution in [3.8, 4) is 0 Å². The smallest absolute Gasteiger partial charge is 0.416 e. The SMILES string of the molecule is CC(O)(C[C@H](N)C(=O)O)C(F)(F)F. The van der Waals surface area contributed by atoms with Gasteiger partial charge in [0, 0.05) is 6.42 Å². The van der Waals surface area contributed by atoms with Gasteiger partial charge in [-0.25, -0.2) is 0 Å². The van der Waals surface area contributed by atoms with Gasteiger partial charge in [-0.3, -0.25) is 4.79 Å². The van der Waals surface area contributed by atoms with Crippen molar-refractivity contribution in [1.82, 2.24) is 0 Å². The highest BCUT2D eigenvalue weighted by atomic mass is 19.4. The summed E-state index contributed by atoms with van der Waals surface area (Å²) in [7, 11) is 0. The number of aliphatic carboxylic acids is 1. The maximum atomic E-state index is 12.0. The minimum atomic E-state index is -4.87. The molecule has 0 amide bonds. The van der Waals surface area contributed by atoms with Crippen LogP contribution in [0, 0.1) is 0 Å². The van der Waals surface area contributed by atoms with Crippen molar-refractivity contribution in [2.24, 2.45) is 5.73 Å². The summed E-state index contributed by atoms with van der Waals surface area (Å²) in [6.45, 7) is 0.482. The number of carboxylic acids is 1. The predicted octanol–water partition coefficient (Wildman–Crippen LogP) is 0.102. The Morgan fingerprint density at radius 3 is 2.15 bits per heavy atom. The molecule has 4 nitrogen and oxygen atoms in total. The zero-order valence-corrected chi connectivity index (χ0v) is 6.80. The van der Waals surface area contributed by atoms with Crippen molar-refractivity contribution in [3.63, 3.8) is 0 Å². The van der Waals surface area contributed by atoms with Gasteiger partial charge in [-0.15, -0.1) is 0 Å². The Morgan fingerprint density at radius 2 is 1.92 bits per heavy atom. The van der Waals surface area contributed by atoms with Crippen molar-refractivity contribution in [2.75, 3.05) is 0 Å². The highest BCUT2D eigenvalue weighted by molar-refractivity contribution is 5.73. The van der Waals surface area contributed by atoms with Crippen molar-refractivity contribution >= 4 is 5.97 Å². The van der Waals surface area contributed by atoms with Gasteiger partial charge in [0.1, 0.15) is 6.04 Å². The van der Waals surface area contributed by atoms with Crippen molar-refractivity contribution in [3.05, 3.63) is 0 Å². The molecule has 4 N–H and O–H groups in total. The Labute approximate surface area is 72.2 Å². The quantitative estimate of drug-likeness (QED) is 0.604. The van der Waals surface area contributed by atoms with Crippen LogP contribution in [0.5, 0.6) is 0 Å². The van der Waals surface area contributed by atoms with Gasteiger partial charge >= 0.3 is 12.1 Å². The van der Waals surface area contributed by atoms with Crippen LogP contribution in [-0.4, -0.2) is 34.0 Å². The third kappa shape index (κ3) is 3.19. The first-order valence-corrected chi connectivity index (χ1v) is 3.35. The van der Waals surface area contributed by atoms with E-state index >= 15 is 0 Å². The second-order valence-electron chi connectivity index (χ2n) is 2.92. The molecule has 0 saturated heterocycles. The number of aliphatic hydroxyl groups is 1. The van der Waals surface area contributed by atoms with Crippen molar-refractivity contribution in [2.45, 2.75) is 31.2 Å². The van der Waals surface area contributed by atoms with Crippen LogP contribution < -0.4 is 5.73 Å². The zero-order chi connectivity index (χ0) is 10.9. The summed E-state index contributed by atoms with van der Waals surface area (Å²) >= 11 is 0. The third-order valence-corrected chi connectivity index (χ3v) is 1.55. The van der Waals surface area contributed by atoms with Crippen LogP contribution in [0.1, 0.15) is 13.3 Å². The molecule has 7 heteroatoms. The van der Waals surface area contributed by atoms with E-state index in [0.29, 0.717) is 6.92 Å². The number of hydrogen-bond donors (Lipinski definition) is 3. The minimum Gasteiger partial charge on any atom is -0.480 e. The molecular weight excluding hydrogens is 191 g/mol. The molecule has 0 aromatic heterocycles. The Balaban J connectivity index is 4.43. The first-order valence-electron chi connectivity index (χ1n) is 3.35. The first-order chi connectivity index (χ1) is 5.58. The summed E-state index contributed by atoms with van der Waals surface area (Å²) in [5.74, 6) is -1.58. The normalized spacial score (nSPS) is 19.2. The molecule has 0 fully saturated rings. The molecule has 2 atom stereocenters. The molecule has 0 aliphatic rings. The lowest BCUT2D eigenvalue weighted by atomic mass is 9.97. The van der Waals surface area contributed by atoms with Crippen molar-refractivity contribution in [1.29, 1.82) is 0 Å². The topological polar surface area (TPSA) is 83.5 Å². The molecule has 0 aromatic carbocycles. The van der Waals surface area contributed by atoms with Gasteiger partial charge in [0.05, 0.1) is 0 Å². The Hall–Kier alpha value is -0.820. The molecule has 0 aliphatic heterocycles. The van der Waals surface area contributed by atoms with Crippen LogP contribution in [0.2, 0.25) is 0 Å². The van der Waals surface area contributed by atoms with E-state index in [4.69, 9.17) is 15.9 Å². The maximum Gasteiger partial charge on any atom is 0.416 e. The molecule has 78 valence electrons. The fraction of sp³-hybridized carbons (Fsp3) is 0.833. The number of hydrogen-bond acceptors (Lipinski definition) is 3. The number of halogens is 3. The highest BCUT2D eigenvalue weighted by Gasteiger charge is 2.51. The molecule has 0 saturated carbocycles. The number of carboxylic acid groups (broad SMARTS) is 1. The third-order valence-electron chi connectivity index (χ3n) is 1.55. The lowest BCUT2D eigenvalue weighted by molar-refractivity contribution is -0.256. The van der Waals surface area contributed by atoms with E-state index in [9.17, 15) is 18.0 Å². The van der Waals surface area contributed by atoms with Crippen LogP contribution in [0.4, 0.5) is 13.2 Å². The van der Waals surface area contributed by atoms with E-state index in [0.717, 1.165) is 0 Å². The second kappa shape index (κ2) is 3.51. The summed E-state index contributed by atoms with van der Waals surface area (Å²) in [5, 5.41) is 17.0. The molecule has 0 heterocycles. The molecular formula is C6H10F3NO3. The van der Waals surface area contributed by atoms with Crippen LogP contribution >= 0.6 is 0 Å². The van der Waals surface area contributed by atoms with Gasteiger partial charge in [0.25, 0.3) is 0 Å². The van der Waals surface area contributed by atoms with Gasteiger partial charge in [-0.05, 0) is 6.92 Å². The van der Waals surface area contributed by atoms with Gasteiger partial charge in [-0.2, -0.15) is 13.2 Å². The Bertz CT molecular complexity index is 202. The predicted molar refractivity (Wildman–Crippen MR) is 36.9 cm³/mol. The fourth-order valence-corrected chi connectivity index (χ4v) is 0.631. The lowest BCUT2D eigenvalue weighted by Gasteiger charge is -2.27. The van der Waals surface area contributed by atoms with E-state index in [1.165, 1.54) is 0 Å². The summed E-state index contributed by atoms with van der Waals surface area (Å²) in [6.07, 6.45) is -5.94. The van der Waals surface area contributed by atoms with Crippen LogP contribution in [0.25, 0.3) is 0 Å². The Kier molecular flexibility index (Phi) is 3.28. The second-order valence-corrected chi connectivity index (χ2v) is 2.92. The van der Waals surface area contributed by atoms with Crippen molar-refractivity contribution < 1.29 is 28.2 Å². The monoisotopic (exact) mass is 201 g/mol. The lowest BCUT2D eigenvalue weighted by Crippen LogP contribution is -2.48. The summed E-state index contributed by atoms with van der Waals surface area (Å²) in [4.78, 5) is 10.1. The van der Waals surface area contributed by atoms with E-state index in [2.05, 4.69) is 0 Å². The van der Waals surface area contributed by atoms with Gasteiger partial charge < -0.3 is 15.9 Å². The molecule has 0 rings (SSSR count). The molecule has 0 aromatic rings. The van der Waals surface area contributed by atoms with Crippen LogP contribution in [-0.2, 0) is 4.79 Å². The van der Waals surface area contributed by atoms with Crippen LogP contribution in [0.3, 0.4) is 0 Å². The average molecular weight is 201 g/mol. The summed E-state index contributed by atoms with van der Waals surface area (Å²) in [6, 6.07) is -1.73. The molecule has 0 bridgehead atoms. The van der Waals surface area contributed by atoms with E-state index < -0.39 is 30.2 Å². The molecule has 0 radical (unpaired) electrons. The number of carbonyl (C=O) groups is 1. The van der Waals surface area contributed by atoms with Crippen LogP contribution in [0.15, 0.2) is 0 Å². The molecule has 13 heavy (non-hydrogen) atoms. The molecule has 1 unspecified atom stereocenters. The average Bonchev–Trinajstić information content (AvgIpc) is 1.83. The van der Waals surface area contributed by atoms with Gasteiger partial charge in [0.15, 0.2) is 5.60 Å². The maximum absolute atomic E-state index is 12.0. The minimum absolute atomic E-state index is 0.482. The van der Waals surface area contributed by atoms with Gasteiger partial charge in [0.2, 0.25) is 0 Å². The van der Waals surface area contributed by atoms with E-state index in [1.54, 1.807) is 0 Å². The van der Waals surface area contributed by atoms with Gasteiger partial charge in [-0.1, -0.05) is 0 Å². The largest absolute Gasteiger partial charge is 0.480 e. The number of alkyl halides is 3. The molecule has 0 aliphatic carbocycles. The standard InChI is InChI=1S/C6H10F3NO3/c1-5(13,6(7,8)9)2-3(10)4(11)12/h3,13H,2,10H2,1H3,(H,11,12)/t3-,5?/m0/s1. The van der Waals surface area contributed by atoms with E-state index in [1.807, 2.05) is 0 Å². The fourth-order valence-electron chi connectivity index (χ4n) is 0.631.